The summed E-state index contributed by atoms with van der Waals surface area (Å²) in [5, 5.41) is 2.47. The Kier molecular flexibility index (Phi) is 4.65. The van der Waals surface area contributed by atoms with Crippen LogP contribution in [0.15, 0.2) is 72.8 Å². The number of hydrogen-bond acceptors (Lipinski definition) is 1. The van der Waals surface area contributed by atoms with E-state index >= 15 is 0 Å². The summed E-state index contributed by atoms with van der Waals surface area (Å²) in [7, 11) is 0. The van der Waals surface area contributed by atoms with Crippen molar-refractivity contribution < 1.29 is 4.79 Å². The Bertz CT molecular complexity index is 741. The molecule has 1 radical (unpaired) electrons. The minimum Gasteiger partial charge on any atom is -0.291 e. The third kappa shape index (κ3) is 3.43. The largest absolute Gasteiger partial charge is 0.291 e. The van der Waals surface area contributed by atoms with Gasteiger partial charge in [-0.15, -0.1) is 0 Å². The summed E-state index contributed by atoms with van der Waals surface area (Å²) in [6.45, 7) is 0. The Morgan fingerprint density at radius 2 is 1.55 bits per heavy atom. The number of benzene rings is 3. The molecule has 3 aromatic carbocycles. The van der Waals surface area contributed by atoms with Crippen LogP contribution in [0.3, 0.4) is 0 Å². The van der Waals surface area contributed by atoms with Gasteiger partial charge in [-0.3, -0.25) is 4.79 Å². The summed E-state index contributed by atoms with van der Waals surface area (Å²) in [5.41, 5.74) is 2.51. The highest BCUT2D eigenvalue weighted by atomic mass is 16.1. The molecule has 0 saturated carbocycles. The Hall–Kier alpha value is -2.41. The molecule has 0 bridgehead atoms. The molecular weight excluding hydrogens is 268 g/mol. The molecule has 3 aromatic rings. The lowest BCUT2D eigenvalue weighted by atomic mass is 9.91. The number of fused-ring (bicyclic) bond motifs is 1. The van der Waals surface area contributed by atoms with Crippen molar-refractivity contribution in [2.45, 2.75) is 19.3 Å². The van der Waals surface area contributed by atoms with Crippen LogP contribution >= 0.6 is 0 Å². The van der Waals surface area contributed by atoms with Gasteiger partial charge in [0.2, 0.25) is 6.29 Å². The second-order valence-corrected chi connectivity index (χ2v) is 5.68. The fourth-order valence-corrected chi connectivity index (χ4v) is 2.92. The molecule has 1 atom stereocenters. The monoisotopic (exact) mass is 287 g/mol. The summed E-state index contributed by atoms with van der Waals surface area (Å²) in [6.07, 6.45) is 4.76. The predicted molar refractivity (Wildman–Crippen MR) is 91.6 cm³/mol. The molecule has 0 aliphatic carbocycles. The first-order valence-electron chi connectivity index (χ1n) is 7.75. The summed E-state index contributed by atoms with van der Waals surface area (Å²) in [4.78, 5) is 11.3. The molecule has 0 fully saturated rings. The molecule has 109 valence electrons. The SMILES string of the molecule is O=[C]C(CCc1ccccc1)Cc1cccc2ccccc12. The maximum absolute atomic E-state index is 11.3. The fraction of sp³-hybridized carbons (Fsp3) is 0.190. The third-order valence-electron chi connectivity index (χ3n) is 4.14. The molecule has 1 unspecified atom stereocenters. The van der Waals surface area contributed by atoms with Crippen molar-refractivity contribution in [3.05, 3.63) is 83.9 Å². The van der Waals surface area contributed by atoms with Gasteiger partial charge < -0.3 is 0 Å². The summed E-state index contributed by atoms with van der Waals surface area (Å²) in [5.74, 6) is -0.0500. The van der Waals surface area contributed by atoms with Gasteiger partial charge in [0.25, 0.3) is 0 Å². The van der Waals surface area contributed by atoms with Crippen LogP contribution in [0.25, 0.3) is 10.8 Å². The zero-order valence-electron chi connectivity index (χ0n) is 12.5. The highest BCUT2D eigenvalue weighted by Crippen LogP contribution is 2.22. The van der Waals surface area contributed by atoms with Crippen molar-refractivity contribution in [1.82, 2.24) is 0 Å². The van der Waals surface area contributed by atoms with Crippen molar-refractivity contribution in [2.75, 3.05) is 0 Å². The van der Waals surface area contributed by atoms with E-state index in [0.29, 0.717) is 0 Å². The van der Waals surface area contributed by atoms with Crippen molar-refractivity contribution in [1.29, 1.82) is 0 Å². The molecule has 0 aromatic heterocycles. The molecule has 0 saturated heterocycles. The zero-order valence-corrected chi connectivity index (χ0v) is 12.5. The topological polar surface area (TPSA) is 17.1 Å². The van der Waals surface area contributed by atoms with E-state index in [1.807, 2.05) is 24.3 Å². The van der Waals surface area contributed by atoms with Crippen molar-refractivity contribution in [2.24, 2.45) is 5.92 Å². The Balaban J connectivity index is 1.73. The minimum absolute atomic E-state index is 0.0500. The number of rotatable bonds is 6. The lowest BCUT2D eigenvalue weighted by molar-refractivity contribution is 0.505. The van der Waals surface area contributed by atoms with E-state index in [0.717, 1.165) is 19.3 Å². The van der Waals surface area contributed by atoms with Gasteiger partial charge in [-0.25, -0.2) is 0 Å². The van der Waals surface area contributed by atoms with Gasteiger partial charge in [0.15, 0.2) is 0 Å². The molecule has 3 rings (SSSR count). The van der Waals surface area contributed by atoms with Gasteiger partial charge in [0.05, 0.1) is 0 Å². The number of aryl methyl sites for hydroxylation is 1. The van der Waals surface area contributed by atoms with Gasteiger partial charge >= 0.3 is 0 Å². The fourth-order valence-electron chi connectivity index (χ4n) is 2.92. The van der Waals surface area contributed by atoms with Crippen LogP contribution in [0.5, 0.6) is 0 Å². The predicted octanol–water partition coefficient (Wildman–Crippen LogP) is 4.74. The maximum Gasteiger partial charge on any atom is 0.202 e. The molecule has 22 heavy (non-hydrogen) atoms. The molecule has 0 aliphatic heterocycles. The quantitative estimate of drug-likeness (QED) is 0.640. The Morgan fingerprint density at radius 1 is 0.818 bits per heavy atom. The maximum atomic E-state index is 11.3. The molecule has 0 heterocycles. The average molecular weight is 287 g/mol. The van der Waals surface area contributed by atoms with E-state index in [1.54, 1.807) is 0 Å². The van der Waals surface area contributed by atoms with Crippen LogP contribution in [-0.4, -0.2) is 6.29 Å². The van der Waals surface area contributed by atoms with Gasteiger partial charge in [0.1, 0.15) is 0 Å². The van der Waals surface area contributed by atoms with Crippen LogP contribution in [-0.2, 0) is 17.6 Å². The highest BCUT2D eigenvalue weighted by Gasteiger charge is 2.12. The normalized spacial score (nSPS) is 12.2. The summed E-state index contributed by atoms with van der Waals surface area (Å²) < 4.78 is 0. The smallest absolute Gasteiger partial charge is 0.202 e. The van der Waals surface area contributed by atoms with Gasteiger partial charge in [-0.1, -0.05) is 72.8 Å². The van der Waals surface area contributed by atoms with Crippen molar-refractivity contribution in [3.8, 4) is 0 Å². The Morgan fingerprint density at radius 3 is 2.36 bits per heavy atom. The second-order valence-electron chi connectivity index (χ2n) is 5.68. The number of hydrogen-bond donors (Lipinski definition) is 0. The van der Waals surface area contributed by atoms with E-state index in [1.165, 1.54) is 21.9 Å². The average Bonchev–Trinajstić information content (AvgIpc) is 2.59. The van der Waals surface area contributed by atoms with Gasteiger partial charge in [-0.05, 0) is 41.2 Å². The van der Waals surface area contributed by atoms with E-state index in [9.17, 15) is 4.79 Å². The van der Waals surface area contributed by atoms with E-state index in [4.69, 9.17) is 0 Å². The molecule has 0 aliphatic rings. The summed E-state index contributed by atoms with van der Waals surface area (Å²) >= 11 is 0. The van der Waals surface area contributed by atoms with Gasteiger partial charge in [0, 0.05) is 5.92 Å². The molecule has 1 nitrogen and oxygen atoms in total. The van der Waals surface area contributed by atoms with Crippen molar-refractivity contribution in [3.63, 3.8) is 0 Å². The first-order valence-corrected chi connectivity index (χ1v) is 7.75. The van der Waals surface area contributed by atoms with E-state index < -0.39 is 0 Å². The number of carbonyl (C=O) groups excluding carboxylic acids is 1. The Labute approximate surface area is 131 Å². The highest BCUT2D eigenvalue weighted by molar-refractivity contribution is 5.85. The first kappa shape index (κ1) is 14.5. The molecule has 1 heteroatoms. The third-order valence-corrected chi connectivity index (χ3v) is 4.14. The van der Waals surface area contributed by atoms with E-state index in [2.05, 4.69) is 54.8 Å². The molecule has 0 spiro atoms. The van der Waals surface area contributed by atoms with Gasteiger partial charge in [-0.2, -0.15) is 0 Å². The van der Waals surface area contributed by atoms with Crippen LogP contribution in [0.1, 0.15) is 17.5 Å². The summed E-state index contributed by atoms with van der Waals surface area (Å²) in [6, 6.07) is 25.0. The van der Waals surface area contributed by atoms with Crippen LogP contribution in [0.2, 0.25) is 0 Å². The molecule has 0 amide bonds. The molecule has 0 N–H and O–H groups in total. The second kappa shape index (κ2) is 7.04. The lowest BCUT2D eigenvalue weighted by Crippen LogP contribution is -2.08. The minimum atomic E-state index is -0.0500. The zero-order chi connectivity index (χ0) is 15.2. The lowest BCUT2D eigenvalue weighted by Gasteiger charge is -2.12. The van der Waals surface area contributed by atoms with Crippen LogP contribution in [0, 0.1) is 5.92 Å². The standard InChI is InChI=1S/C21H19O/c22-16-18(14-13-17-7-2-1-3-8-17)15-20-11-6-10-19-9-4-5-12-21(19)20/h1-12,18H,13-15H2. The van der Waals surface area contributed by atoms with Crippen molar-refractivity contribution >= 4 is 17.1 Å². The van der Waals surface area contributed by atoms with Crippen LogP contribution in [0.4, 0.5) is 0 Å². The van der Waals surface area contributed by atoms with E-state index in [-0.39, 0.29) is 5.92 Å². The van der Waals surface area contributed by atoms with Crippen LogP contribution < -0.4 is 0 Å². The first-order chi connectivity index (χ1) is 10.9. The molecular formula is C21H19O.